The van der Waals surface area contributed by atoms with Crippen molar-refractivity contribution < 1.29 is 0 Å². The summed E-state index contributed by atoms with van der Waals surface area (Å²) in [6.45, 7) is 2.12. The van der Waals surface area contributed by atoms with Crippen molar-refractivity contribution in [3.05, 3.63) is 54.1 Å². The van der Waals surface area contributed by atoms with Crippen molar-refractivity contribution in [2.75, 3.05) is 13.1 Å². The second kappa shape index (κ2) is 7.41. The first kappa shape index (κ1) is 16.4. The topological polar surface area (TPSA) is 60.6 Å². The van der Waals surface area contributed by atoms with E-state index in [0.29, 0.717) is 5.92 Å². The highest BCUT2D eigenvalue weighted by molar-refractivity contribution is 7.98. The highest BCUT2D eigenvalue weighted by atomic mass is 32.2. The fraction of sp³-hybridized carbons (Fsp3) is 0.389. The van der Waals surface area contributed by atoms with Gasteiger partial charge in [-0.3, -0.25) is 0 Å². The van der Waals surface area contributed by atoms with Crippen LogP contribution in [-0.4, -0.2) is 37.6 Å². The molecule has 3 aromatic rings. The number of hydrogen-bond acceptors (Lipinski definition) is 5. The molecule has 25 heavy (non-hydrogen) atoms. The number of thioether (sulfide) groups is 1. The highest BCUT2D eigenvalue weighted by Gasteiger charge is 2.21. The van der Waals surface area contributed by atoms with Gasteiger partial charge in [0.2, 0.25) is 0 Å². The zero-order chi connectivity index (χ0) is 17.1. The van der Waals surface area contributed by atoms with E-state index in [4.69, 9.17) is 0 Å². The van der Waals surface area contributed by atoms with Crippen LogP contribution in [0.5, 0.6) is 0 Å². The Balaban J connectivity index is 1.40. The fourth-order valence-electron chi connectivity index (χ4n) is 3.19. The third-order valence-electron chi connectivity index (χ3n) is 4.60. The molecule has 1 fully saturated rings. The Morgan fingerprint density at radius 3 is 2.84 bits per heavy atom. The Morgan fingerprint density at radius 2 is 2.12 bits per heavy atom. The molecule has 7 heteroatoms. The van der Waals surface area contributed by atoms with Gasteiger partial charge in [-0.25, -0.2) is 4.68 Å². The molecule has 1 atom stereocenters. The van der Waals surface area contributed by atoms with Gasteiger partial charge in [-0.2, -0.15) is 5.10 Å². The molecule has 1 N–H and O–H groups in total. The van der Waals surface area contributed by atoms with Crippen molar-refractivity contribution in [2.45, 2.75) is 29.7 Å². The molecule has 1 aromatic carbocycles. The zero-order valence-corrected chi connectivity index (χ0v) is 15.1. The molecule has 0 radical (unpaired) electrons. The van der Waals surface area contributed by atoms with Crippen LogP contribution < -0.4 is 5.32 Å². The van der Waals surface area contributed by atoms with E-state index in [0.717, 1.165) is 35.5 Å². The summed E-state index contributed by atoms with van der Waals surface area (Å²) >= 11 is 1.73. The Morgan fingerprint density at radius 1 is 1.24 bits per heavy atom. The standard InChI is InChI=1S/C18H22N6S/c1-23-17(15-4-2-9-19-12-15)21-22-18(23)25-13-14-5-7-16(8-6-14)24-11-3-10-20-24/h3,5-8,10-11,15,19H,2,4,9,12-13H2,1H3/t15-/m1/s1. The van der Waals surface area contributed by atoms with Crippen molar-refractivity contribution in [2.24, 2.45) is 7.05 Å². The van der Waals surface area contributed by atoms with Gasteiger partial charge in [0.05, 0.1) is 5.69 Å². The Kier molecular flexibility index (Phi) is 4.85. The average molecular weight is 354 g/mol. The van der Waals surface area contributed by atoms with E-state index in [-0.39, 0.29) is 0 Å². The summed E-state index contributed by atoms with van der Waals surface area (Å²) in [4.78, 5) is 0. The smallest absolute Gasteiger partial charge is 0.191 e. The van der Waals surface area contributed by atoms with Crippen LogP contribution in [0.25, 0.3) is 5.69 Å². The van der Waals surface area contributed by atoms with E-state index in [1.54, 1.807) is 18.0 Å². The summed E-state index contributed by atoms with van der Waals surface area (Å²) in [5.74, 6) is 2.46. The number of rotatable bonds is 5. The highest BCUT2D eigenvalue weighted by Crippen LogP contribution is 2.26. The molecule has 0 bridgehead atoms. The zero-order valence-electron chi connectivity index (χ0n) is 14.3. The lowest BCUT2D eigenvalue weighted by atomic mass is 9.99. The summed E-state index contributed by atoms with van der Waals surface area (Å²) in [5, 5.41) is 17.5. The molecule has 3 heterocycles. The SMILES string of the molecule is Cn1c(SCc2ccc(-n3cccn3)cc2)nnc1[C@@H]1CCCNC1. The number of aromatic nitrogens is 5. The third kappa shape index (κ3) is 3.62. The first-order chi connectivity index (χ1) is 12.3. The van der Waals surface area contributed by atoms with Crippen LogP contribution in [0.15, 0.2) is 47.9 Å². The summed E-state index contributed by atoms with van der Waals surface area (Å²) in [7, 11) is 2.08. The van der Waals surface area contributed by atoms with Crippen LogP contribution >= 0.6 is 11.8 Å². The molecule has 0 unspecified atom stereocenters. The summed E-state index contributed by atoms with van der Waals surface area (Å²) in [5.41, 5.74) is 2.34. The molecule has 1 aliphatic rings. The van der Waals surface area contributed by atoms with Gasteiger partial charge in [-0.15, -0.1) is 10.2 Å². The van der Waals surface area contributed by atoms with Gasteiger partial charge in [0.15, 0.2) is 5.16 Å². The van der Waals surface area contributed by atoms with Crippen molar-refractivity contribution in [1.29, 1.82) is 0 Å². The second-order valence-corrected chi connectivity index (χ2v) is 7.29. The molecule has 4 rings (SSSR count). The maximum atomic E-state index is 4.44. The van der Waals surface area contributed by atoms with E-state index in [2.05, 4.69) is 56.5 Å². The Bertz CT molecular complexity index is 803. The van der Waals surface area contributed by atoms with Gasteiger partial charge < -0.3 is 9.88 Å². The van der Waals surface area contributed by atoms with Crippen LogP contribution in [-0.2, 0) is 12.8 Å². The van der Waals surface area contributed by atoms with Crippen molar-refractivity contribution in [3.8, 4) is 5.69 Å². The van der Waals surface area contributed by atoms with Crippen LogP contribution in [0.2, 0.25) is 0 Å². The lowest BCUT2D eigenvalue weighted by Crippen LogP contribution is -2.29. The van der Waals surface area contributed by atoms with Gasteiger partial charge in [0.1, 0.15) is 5.82 Å². The molecular weight excluding hydrogens is 332 g/mol. The number of benzene rings is 1. The predicted octanol–water partition coefficient (Wildman–Crippen LogP) is 2.76. The van der Waals surface area contributed by atoms with E-state index in [9.17, 15) is 0 Å². The molecule has 0 saturated carbocycles. The largest absolute Gasteiger partial charge is 0.316 e. The quantitative estimate of drug-likeness (QED) is 0.714. The number of nitrogens with zero attached hydrogens (tertiary/aromatic N) is 5. The van der Waals surface area contributed by atoms with Crippen LogP contribution in [0.3, 0.4) is 0 Å². The van der Waals surface area contributed by atoms with E-state index < -0.39 is 0 Å². The molecular formula is C18H22N6S. The second-order valence-electron chi connectivity index (χ2n) is 6.35. The molecule has 0 amide bonds. The third-order valence-corrected chi connectivity index (χ3v) is 5.70. The van der Waals surface area contributed by atoms with Gasteiger partial charge in [0, 0.05) is 37.7 Å². The number of hydrogen-bond donors (Lipinski definition) is 1. The number of nitrogens with one attached hydrogen (secondary N) is 1. The van der Waals surface area contributed by atoms with Gasteiger partial charge in [-0.05, 0) is 43.1 Å². The summed E-state index contributed by atoms with van der Waals surface area (Å²) < 4.78 is 4.02. The first-order valence-electron chi connectivity index (χ1n) is 8.63. The van der Waals surface area contributed by atoms with Crippen molar-refractivity contribution in [1.82, 2.24) is 29.9 Å². The fourth-order valence-corrected chi connectivity index (χ4v) is 4.07. The van der Waals surface area contributed by atoms with Gasteiger partial charge >= 0.3 is 0 Å². The summed E-state index contributed by atoms with van der Waals surface area (Å²) in [6, 6.07) is 10.4. The van der Waals surface area contributed by atoms with Crippen LogP contribution in [0, 0.1) is 0 Å². The number of piperidine rings is 1. The van der Waals surface area contributed by atoms with E-state index in [1.807, 2.05) is 16.9 Å². The van der Waals surface area contributed by atoms with E-state index in [1.165, 1.54) is 18.4 Å². The molecule has 1 aliphatic heterocycles. The Hall–Kier alpha value is -2.12. The normalized spacial score (nSPS) is 17.7. The van der Waals surface area contributed by atoms with E-state index >= 15 is 0 Å². The average Bonchev–Trinajstić information content (AvgIpc) is 3.31. The lowest BCUT2D eigenvalue weighted by molar-refractivity contribution is 0.436. The monoisotopic (exact) mass is 354 g/mol. The lowest BCUT2D eigenvalue weighted by Gasteiger charge is -2.21. The van der Waals surface area contributed by atoms with Gasteiger partial charge in [-0.1, -0.05) is 23.9 Å². The molecule has 0 spiro atoms. The minimum absolute atomic E-state index is 0.481. The minimum Gasteiger partial charge on any atom is -0.316 e. The maximum absolute atomic E-state index is 4.44. The molecule has 1 saturated heterocycles. The van der Waals surface area contributed by atoms with Crippen molar-refractivity contribution >= 4 is 11.8 Å². The first-order valence-corrected chi connectivity index (χ1v) is 9.61. The van der Waals surface area contributed by atoms with Crippen molar-refractivity contribution in [3.63, 3.8) is 0 Å². The molecule has 130 valence electrons. The molecule has 6 nitrogen and oxygen atoms in total. The van der Waals surface area contributed by atoms with Gasteiger partial charge in [0.25, 0.3) is 0 Å². The Labute approximate surface area is 151 Å². The predicted molar refractivity (Wildman–Crippen MR) is 99.0 cm³/mol. The van der Waals surface area contributed by atoms with Crippen LogP contribution in [0.1, 0.15) is 30.1 Å². The summed E-state index contributed by atoms with van der Waals surface area (Å²) in [6.07, 6.45) is 6.14. The maximum Gasteiger partial charge on any atom is 0.191 e. The minimum atomic E-state index is 0.481. The molecule has 2 aromatic heterocycles. The van der Waals surface area contributed by atoms with Crippen LogP contribution in [0.4, 0.5) is 0 Å². The molecule has 0 aliphatic carbocycles.